The number of aliphatic hydroxyl groups is 1. The highest BCUT2D eigenvalue weighted by atomic mass is 32.2. The second-order valence-electron chi connectivity index (χ2n) is 4.27. The summed E-state index contributed by atoms with van der Waals surface area (Å²) in [5.41, 5.74) is 0.878. The quantitative estimate of drug-likeness (QED) is 0.747. The highest BCUT2D eigenvalue weighted by Gasteiger charge is 2.19. The van der Waals surface area contributed by atoms with Crippen molar-refractivity contribution in [3.63, 3.8) is 0 Å². The van der Waals surface area contributed by atoms with Gasteiger partial charge in [0.25, 0.3) is 0 Å². The summed E-state index contributed by atoms with van der Waals surface area (Å²) in [5.74, 6) is 0.0503. The van der Waals surface area contributed by atoms with Crippen LogP contribution in [0.2, 0.25) is 0 Å². The Bertz CT molecular complexity index is 482. The molecular weight excluding hydrogens is 272 g/mol. The minimum Gasteiger partial charge on any atom is -0.396 e. The smallest absolute Gasteiger partial charge is 0.212 e. The van der Waals surface area contributed by atoms with Crippen LogP contribution in [0.4, 0.5) is 0 Å². The van der Waals surface area contributed by atoms with Gasteiger partial charge in [-0.15, -0.1) is 11.3 Å². The fourth-order valence-corrected chi connectivity index (χ4v) is 4.10. The van der Waals surface area contributed by atoms with E-state index in [1.54, 1.807) is 0 Å². The average molecular weight is 292 g/mol. The molecule has 0 aliphatic rings. The number of rotatable bonds is 7. The van der Waals surface area contributed by atoms with Gasteiger partial charge in [0.2, 0.25) is 10.0 Å². The maximum atomic E-state index is 11.8. The Morgan fingerprint density at radius 1 is 1.39 bits per heavy atom. The lowest BCUT2D eigenvalue weighted by atomic mass is 10.2. The summed E-state index contributed by atoms with van der Waals surface area (Å²) >= 11 is 1.51. The van der Waals surface area contributed by atoms with Crippen molar-refractivity contribution in [1.82, 2.24) is 9.71 Å². The highest BCUT2D eigenvalue weighted by Crippen LogP contribution is 2.24. The highest BCUT2D eigenvalue weighted by molar-refractivity contribution is 7.89. The van der Waals surface area contributed by atoms with Crippen LogP contribution >= 0.6 is 11.3 Å². The molecule has 7 heteroatoms. The number of thiazole rings is 1. The molecular formula is C11H20N2O3S2. The van der Waals surface area contributed by atoms with Gasteiger partial charge in [-0.2, -0.15) is 0 Å². The number of aromatic nitrogens is 1. The summed E-state index contributed by atoms with van der Waals surface area (Å²) in [6.07, 6.45) is 0.979. The first-order valence-corrected chi connectivity index (χ1v) is 8.37. The molecule has 1 aromatic heterocycles. The van der Waals surface area contributed by atoms with Crippen molar-refractivity contribution in [3.05, 3.63) is 15.6 Å². The minimum absolute atomic E-state index is 0.0260. The predicted molar refractivity (Wildman–Crippen MR) is 73.2 cm³/mol. The molecule has 1 unspecified atom stereocenters. The van der Waals surface area contributed by atoms with Crippen LogP contribution in [0.1, 0.15) is 41.4 Å². The molecule has 5 nitrogen and oxygen atoms in total. The van der Waals surface area contributed by atoms with Crippen molar-refractivity contribution in [3.8, 4) is 0 Å². The summed E-state index contributed by atoms with van der Waals surface area (Å²) in [6, 6.07) is -0.254. The Kier molecular flexibility index (Phi) is 5.71. The topological polar surface area (TPSA) is 79.3 Å². The number of hydrogen-bond donors (Lipinski definition) is 2. The van der Waals surface area contributed by atoms with E-state index in [1.165, 1.54) is 11.3 Å². The van der Waals surface area contributed by atoms with Crippen LogP contribution in [-0.2, 0) is 10.0 Å². The molecule has 0 aliphatic carbocycles. The summed E-state index contributed by atoms with van der Waals surface area (Å²) < 4.78 is 26.2. The molecule has 2 N–H and O–H groups in total. The van der Waals surface area contributed by atoms with Crippen molar-refractivity contribution >= 4 is 21.4 Å². The van der Waals surface area contributed by atoms with Gasteiger partial charge < -0.3 is 5.11 Å². The normalized spacial score (nSPS) is 13.8. The van der Waals surface area contributed by atoms with E-state index in [-0.39, 0.29) is 18.4 Å². The van der Waals surface area contributed by atoms with Gasteiger partial charge in [0.1, 0.15) is 0 Å². The monoisotopic (exact) mass is 292 g/mol. The van der Waals surface area contributed by atoms with Crippen LogP contribution < -0.4 is 4.72 Å². The van der Waals surface area contributed by atoms with E-state index < -0.39 is 10.0 Å². The lowest BCUT2D eigenvalue weighted by molar-refractivity contribution is 0.287. The molecule has 0 fully saturated rings. The van der Waals surface area contributed by atoms with Crippen LogP contribution in [-0.4, -0.2) is 30.9 Å². The SMILES string of the molecule is Cc1nc(C)c(C(C)NS(=O)(=O)CCCCO)s1. The maximum absolute atomic E-state index is 11.8. The molecule has 0 saturated heterocycles. The average Bonchev–Trinajstić information content (AvgIpc) is 2.57. The van der Waals surface area contributed by atoms with Crippen LogP contribution in [0, 0.1) is 13.8 Å². The number of unbranched alkanes of at least 4 members (excludes halogenated alkanes) is 1. The molecule has 0 bridgehead atoms. The minimum atomic E-state index is -3.29. The van der Waals surface area contributed by atoms with Gasteiger partial charge in [-0.25, -0.2) is 18.1 Å². The third kappa shape index (κ3) is 4.64. The standard InChI is InChI=1S/C11H20N2O3S2/c1-8-11(17-10(3)12-8)9(2)13-18(15,16)7-5-4-6-14/h9,13-14H,4-7H2,1-3H3. The van der Waals surface area contributed by atoms with Crippen molar-refractivity contribution in [2.24, 2.45) is 0 Å². The molecule has 0 radical (unpaired) electrons. The molecule has 0 aromatic carbocycles. The number of nitrogens with zero attached hydrogens (tertiary/aromatic N) is 1. The molecule has 18 heavy (non-hydrogen) atoms. The molecule has 1 aromatic rings. The number of aryl methyl sites for hydroxylation is 2. The molecule has 0 saturated carbocycles. The number of nitrogens with one attached hydrogen (secondary N) is 1. The van der Waals surface area contributed by atoms with Gasteiger partial charge in [0, 0.05) is 11.5 Å². The summed E-state index contributed by atoms with van der Waals surface area (Å²) in [5, 5.41) is 9.58. The summed E-state index contributed by atoms with van der Waals surface area (Å²) in [6.45, 7) is 5.64. The van der Waals surface area contributed by atoms with Crippen LogP contribution in [0.5, 0.6) is 0 Å². The first kappa shape index (κ1) is 15.6. The van der Waals surface area contributed by atoms with E-state index in [1.807, 2.05) is 20.8 Å². The van der Waals surface area contributed by atoms with Gasteiger partial charge in [0.15, 0.2) is 0 Å². The van der Waals surface area contributed by atoms with E-state index in [9.17, 15) is 8.42 Å². The lowest BCUT2D eigenvalue weighted by Crippen LogP contribution is -2.29. The zero-order valence-electron chi connectivity index (χ0n) is 10.9. The molecule has 0 aliphatic heterocycles. The third-order valence-electron chi connectivity index (χ3n) is 2.51. The zero-order chi connectivity index (χ0) is 13.8. The number of sulfonamides is 1. The largest absolute Gasteiger partial charge is 0.396 e. The lowest BCUT2D eigenvalue weighted by Gasteiger charge is -2.13. The second-order valence-corrected chi connectivity index (χ2v) is 7.38. The van der Waals surface area contributed by atoms with Crippen molar-refractivity contribution < 1.29 is 13.5 Å². The van der Waals surface area contributed by atoms with Gasteiger partial charge in [-0.1, -0.05) is 0 Å². The van der Waals surface area contributed by atoms with E-state index >= 15 is 0 Å². The molecule has 1 rings (SSSR count). The van der Waals surface area contributed by atoms with Gasteiger partial charge in [0.05, 0.1) is 22.5 Å². The zero-order valence-corrected chi connectivity index (χ0v) is 12.6. The Hall–Kier alpha value is -0.500. The van der Waals surface area contributed by atoms with Crippen molar-refractivity contribution in [2.45, 2.75) is 39.7 Å². The first-order chi connectivity index (χ1) is 8.35. The Morgan fingerprint density at radius 2 is 2.06 bits per heavy atom. The second kappa shape index (κ2) is 6.60. The Morgan fingerprint density at radius 3 is 2.56 bits per heavy atom. The number of aliphatic hydroxyl groups excluding tert-OH is 1. The van der Waals surface area contributed by atoms with Crippen molar-refractivity contribution in [1.29, 1.82) is 0 Å². The Labute approximate surface area is 112 Å². The molecule has 0 amide bonds. The Balaban J connectivity index is 2.64. The third-order valence-corrected chi connectivity index (χ3v) is 5.30. The van der Waals surface area contributed by atoms with E-state index in [0.29, 0.717) is 12.8 Å². The molecule has 104 valence electrons. The van der Waals surface area contributed by atoms with Crippen molar-refractivity contribution in [2.75, 3.05) is 12.4 Å². The fraction of sp³-hybridized carbons (Fsp3) is 0.727. The van der Waals surface area contributed by atoms with Crippen LogP contribution in [0.15, 0.2) is 0 Å². The van der Waals surface area contributed by atoms with Gasteiger partial charge in [-0.3, -0.25) is 0 Å². The molecule has 1 atom stereocenters. The number of hydrogen-bond acceptors (Lipinski definition) is 5. The first-order valence-electron chi connectivity index (χ1n) is 5.90. The van der Waals surface area contributed by atoms with Crippen LogP contribution in [0.3, 0.4) is 0 Å². The fourth-order valence-electron chi connectivity index (χ4n) is 1.73. The summed E-state index contributed by atoms with van der Waals surface area (Å²) in [7, 11) is -3.29. The van der Waals surface area contributed by atoms with E-state index in [2.05, 4.69) is 9.71 Å². The van der Waals surface area contributed by atoms with E-state index in [0.717, 1.165) is 15.6 Å². The van der Waals surface area contributed by atoms with Gasteiger partial charge in [-0.05, 0) is 33.6 Å². The predicted octanol–water partition coefficient (Wildman–Crippen LogP) is 1.51. The maximum Gasteiger partial charge on any atom is 0.212 e. The molecule has 1 heterocycles. The summed E-state index contributed by atoms with van der Waals surface area (Å²) in [4.78, 5) is 5.24. The van der Waals surface area contributed by atoms with Gasteiger partial charge >= 0.3 is 0 Å². The molecule has 0 spiro atoms. The van der Waals surface area contributed by atoms with E-state index in [4.69, 9.17) is 5.11 Å². The van der Waals surface area contributed by atoms with Crippen LogP contribution in [0.25, 0.3) is 0 Å².